The van der Waals surface area contributed by atoms with E-state index in [1.165, 1.54) is 0 Å². The first-order valence-corrected chi connectivity index (χ1v) is 5.26. The van der Waals surface area contributed by atoms with Crippen LogP contribution in [0.2, 0.25) is 0 Å². The van der Waals surface area contributed by atoms with Gasteiger partial charge in [-0.05, 0) is 35.0 Å². The molecule has 2 rings (SSSR count). The Morgan fingerprint density at radius 2 is 2.38 bits per heavy atom. The van der Waals surface area contributed by atoms with Gasteiger partial charge in [-0.3, -0.25) is 15.2 Å². The van der Waals surface area contributed by atoms with Crippen LogP contribution in [0.3, 0.4) is 0 Å². The molecule has 2 heterocycles. The lowest BCUT2D eigenvalue weighted by Gasteiger charge is -2.00. The van der Waals surface area contributed by atoms with E-state index in [0.29, 0.717) is 16.0 Å². The van der Waals surface area contributed by atoms with Crippen molar-refractivity contribution in [2.24, 2.45) is 0 Å². The zero-order chi connectivity index (χ0) is 11.5. The third-order valence-corrected chi connectivity index (χ3v) is 2.24. The Bertz CT molecular complexity index is 524. The Labute approximate surface area is 99.6 Å². The summed E-state index contributed by atoms with van der Waals surface area (Å²) in [6.45, 7) is 1.76. The summed E-state index contributed by atoms with van der Waals surface area (Å²) in [6, 6.07) is 3.23. The van der Waals surface area contributed by atoms with E-state index < -0.39 is 0 Å². The third-order valence-electron chi connectivity index (χ3n) is 1.81. The van der Waals surface area contributed by atoms with Crippen LogP contribution >= 0.6 is 15.9 Å². The molecule has 2 N–H and O–H groups in total. The summed E-state index contributed by atoms with van der Waals surface area (Å²) in [6.07, 6.45) is 1.54. The number of carbonyl (C=O) groups is 1. The van der Waals surface area contributed by atoms with Crippen LogP contribution in [0, 0.1) is 6.92 Å². The van der Waals surface area contributed by atoms with Crippen molar-refractivity contribution >= 4 is 27.8 Å². The van der Waals surface area contributed by atoms with Crippen molar-refractivity contribution in [2.45, 2.75) is 6.92 Å². The summed E-state index contributed by atoms with van der Waals surface area (Å²) in [5.74, 6) is 0.628. The SMILES string of the molecule is Cc1nc(NC(=O)c2ccnc(Br)c2)n[nH]1. The Kier molecular flexibility index (Phi) is 2.95. The van der Waals surface area contributed by atoms with Gasteiger partial charge in [-0.2, -0.15) is 4.98 Å². The van der Waals surface area contributed by atoms with Crippen LogP contribution in [-0.2, 0) is 0 Å². The molecule has 0 saturated heterocycles. The second-order valence-corrected chi connectivity index (χ2v) is 3.88. The van der Waals surface area contributed by atoms with Gasteiger partial charge in [-0.1, -0.05) is 0 Å². The van der Waals surface area contributed by atoms with E-state index in [0.717, 1.165) is 0 Å². The average molecular weight is 282 g/mol. The minimum absolute atomic E-state index is 0.260. The number of amides is 1. The molecule has 0 aliphatic rings. The monoisotopic (exact) mass is 281 g/mol. The van der Waals surface area contributed by atoms with Crippen LogP contribution in [-0.4, -0.2) is 26.1 Å². The molecule has 16 heavy (non-hydrogen) atoms. The first-order chi connectivity index (χ1) is 7.65. The number of aromatic amines is 1. The van der Waals surface area contributed by atoms with Gasteiger partial charge >= 0.3 is 0 Å². The maximum Gasteiger partial charge on any atom is 0.258 e. The summed E-state index contributed by atoms with van der Waals surface area (Å²) in [7, 11) is 0. The molecule has 0 atom stereocenters. The summed E-state index contributed by atoms with van der Waals surface area (Å²) in [4.78, 5) is 19.6. The van der Waals surface area contributed by atoms with E-state index in [4.69, 9.17) is 0 Å². The first kappa shape index (κ1) is 10.7. The Morgan fingerprint density at radius 3 is 3.00 bits per heavy atom. The van der Waals surface area contributed by atoms with Gasteiger partial charge in [0.15, 0.2) is 0 Å². The summed E-state index contributed by atoms with van der Waals surface area (Å²) >= 11 is 3.19. The lowest BCUT2D eigenvalue weighted by molar-refractivity contribution is 0.102. The molecule has 0 fully saturated rings. The van der Waals surface area contributed by atoms with Gasteiger partial charge in [-0.15, -0.1) is 5.10 Å². The van der Waals surface area contributed by atoms with Crippen LogP contribution in [0.15, 0.2) is 22.9 Å². The number of hydrogen-bond donors (Lipinski definition) is 2. The quantitative estimate of drug-likeness (QED) is 0.818. The average Bonchev–Trinajstić information content (AvgIpc) is 2.64. The van der Waals surface area contributed by atoms with E-state index in [1.807, 2.05) is 0 Å². The Morgan fingerprint density at radius 1 is 1.56 bits per heavy atom. The number of anilines is 1. The van der Waals surface area contributed by atoms with Gasteiger partial charge in [0.25, 0.3) is 5.91 Å². The Balaban J connectivity index is 2.14. The minimum atomic E-state index is -0.276. The molecule has 0 radical (unpaired) electrons. The van der Waals surface area contributed by atoms with Gasteiger partial charge in [-0.25, -0.2) is 4.98 Å². The first-order valence-electron chi connectivity index (χ1n) is 4.47. The fourth-order valence-corrected chi connectivity index (χ4v) is 1.48. The van der Waals surface area contributed by atoms with Crippen LogP contribution in [0.4, 0.5) is 5.95 Å². The molecule has 2 aromatic rings. The molecule has 6 nitrogen and oxygen atoms in total. The highest BCUT2D eigenvalue weighted by atomic mass is 79.9. The van der Waals surface area contributed by atoms with Gasteiger partial charge in [0.1, 0.15) is 10.4 Å². The number of pyridine rings is 1. The van der Waals surface area contributed by atoms with Gasteiger partial charge in [0.05, 0.1) is 0 Å². The molecule has 7 heteroatoms. The Hall–Kier alpha value is -1.76. The lowest BCUT2D eigenvalue weighted by atomic mass is 10.2. The number of H-pyrrole nitrogens is 1. The van der Waals surface area contributed by atoms with Gasteiger partial charge in [0, 0.05) is 11.8 Å². The maximum absolute atomic E-state index is 11.7. The molecule has 0 aromatic carbocycles. The van der Waals surface area contributed by atoms with Crippen molar-refractivity contribution in [3.05, 3.63) is 34.3 Å². The fraction of sp³-hybridized carbons (Fsp3) is 0.111. The molecule has 0 bridgehead atoms. The molecule has 0 unspecified atom stereocenters. The largest absolute Gasteiger partial charge is 0.289 e. The highest BCUT2D eigenvalue weighted by Gasteiger charge is 2.09. The lowest BCUT2D eigenvalue weighted by Crippen LogP contribution is -2.13. The highest BCUT2D eigenvalue weighted by molar-refractivity contribution is 9.10. The fourth-order valence-electron chi connectivity index (χ4n) is 1.12. The molecule has 0 aliphatic heterocycles. The third kappa shape index (κ3) is 2.43. The summed E-state index contributed by atoms with van der Waals surface area (Å²) in [5.41, 5.74) is 0.490. The predicted octanol–water partition coefficient (Wildman–Crippen LogP) is 1.52. The van der Waals surface area contributed by atoms with E-state index in [1.54, 1.807) is 25.3 Å². The van der Waals surface area contributed by atoms with Crippen molar-refractivity contribution in [1.29, 1.82) is 0 Å². The molecular weight excluding hydrogens is 274 g/mol. The van der Waals surface area contributed by atoms with E-state index in [2.05, 4.69) is 41.4 Å². The molecule has 0 saturated carbocycles. The normalized spacial score (nSPS) is 10.1. The van der Waals surface area contributed by atoms with Crippen LogP contribution in [0.1, 0.15) is 16.2 Å². The number of aryl methyl sites for hydroxylation is 1. The molecule has 2 aromatic heterocycles. The highest BCUT2D eigenvalue weighted by Crippen LogP contribution is 2.09. The smallest absolute Gasteiger partial charge is 0.258 e. The van der Waals surface area contributed by atoms with Crippen LogP contribution < -0.4 is 5.32 Å². The van der Waals surface area contributed by atoms with Crippen molar-refractivity contribution < 1.29 is 4.79 Å². The number of nitrogens with one attached hydrogen (secondary N) is 2. The molecule has 0 aliphatic carbocycles. The number of rotatable bonds is 2. The van der Waals surface area contributed by atoms with Crippen LogP contribution in [0.5, 0.6) is 0 Å². The van der Waals surface area contributed by atoms with Crippen LogP contribution in [0.25, 0.3) is 0 Å². The zero-order valence-electron chi connectivity index (χ0n) is 8.36. The molecule has 1 amide bonds. The maximum atomic E-state index is 11.7. The topological polar surface area (TPSA) is 83.6 Å². The van der Waals surface area contributed by atoms with Gasteiger partial charge in [0.2, 0.25) is 5.95 Å². The number of nitrogens with zero attached hydrogens (tertiary/aromatic N) is 3. The van der Waals surface area contributed by atoms with Crippen molar-refractivity contribution in [2.75, 3.05) is 5.32 Å². The van der Waals surface area contributed by atoms with E-state index in [9.17, 15) is 4.79 Å². The van der Waals surface area contributed by atoms with E-state index >= 15 is 0 Å². The summed E-state index contributed by atoms with van der Waals surface area (Å²) < 4.78 is 0.603. The predicted molar refractivity (Wildman–Crippen MR) is 61.0 cm³/mol. The van der Waals surface area contributed by atoms with Gasteiger partial charge < -0.3 is 0 Å². The number of carbonyl (C=O) groups excluding carboxylic acids is 1. The number of hydrogen-bond acceptors (Lipinski definition) is 4. The standard InChI is InChI=1S/C9H8BrN5O/c1-5-12-9(15-14-5)13-8(16)6-2-3-11-7(10)4-6/h2-4H,1H3,(H2,12,13,14,15,16). The van der Waals surface area contributed by atoms with Crippen molar-refractivity contribution in [3.8, 4) is 0 Å². The molecule has 82 valence electrons. The van der Waals surface area contributed by atoms with Crippen molar-refractivity contribution in [3.63, 3.8) is 0 Å². The molecule has 0 spiro atoms. The second kappa shape index (κ2) is 4.40. The minimum Gasteiger partial charge on any atom is -0.289 e. The van der Waals surface area contributed by atoms with E-state index in [-0.39, 0.29) is 11.9 Å². The number of aromatic nitrogens is 4. The second-order valence-electron chi connectivity index (χ2n) is 3.07. The van der Waals surface area contributed by atoms with Crippen molar-refractivity contribution in [1.82, 2.24) is 20.2 Å². The molecular formula is C9H8BrN5O. The zero-order valence-corrected chi connectivity index (χ0v) is 9.95. The number of halogens is 1. The summed E-state index contributed by atoms with van der Waals surface area (Å²) in [5, 5.41) is 9.01.